The monoisotopic (exact) mass is 673 g/mol. The number of rotatable bonds is 2. The van der Waals surface area contributed by atoms with E-state index in [4.69, 9.17) is 4.98 Å². The molecule has 8 rings (SSSR count). The number of aromatic nitrogens is 2. The SMILES string of the molecule is Cc1ccc2nc(-c3[c-]cc4c(c3)C3CCC4CC3)c(C)cc2c1.Cc1cccnc1-c1[c-]cccc1.[Ir]. The fourth-order valence-electron chi connectivity index (χ4n) is 6.06. The Kier molecular flexibility index (Phi) is 7.88. The summed E-state index contributed by atoms with van der Waals surface area (Å²) in [7, 11) is 0. The van der Waals surface area contributed by atoms with Crippen LogP contribution in [0.1, 0.15) is 65.3 Å². The van der Waals surface area contributed by atoms with Crippen molar-refractivity contribution < 1.29 is 20.1 Å². The second-order valence-corrected chi connectivity index (χ2v) is 10.6. The van der Waals surface area contributed by atoms with Gasteiger partial charge in [0.15, 0.2) is 0 Å². The van der Waals surface area contributed by atoms with Crippen LogP contribution in [0, 0.1) is 32.9 Å². The number of nitrogens with zero attached hydrogens (tertiary/aromatic N) is 2. The molecule has 2 bridgehead atoms. The molecule has 38 heavy (non-hydrogen) atoms. The standard InChI is InChI=1S/C23H22N.C12H10N.Ir/c1-14-3-10-22-19(11-14)12-15(2)23(24-22)18-8-9-20-16-4-6-17(7-5-16)21(20)13-18;1-10-6-5-9-13-12(10)11-7-3-2-4-8-11;/h3,9-13,16-17H,4-7H2,1-2H3;2-7,9H,1H3;/q2*-1;. The molecule has 5 aromatic rings. The Morgan fingerprint density at radius 3 is 2.24 bits per heavy atom. The van der Waals surface area contributed by atoms with Gasteiger partial charge in [0.1, 0.15) is 0 Å². The summed E-state index contributed by atoms with van der Waals surface area (Å²) in [5.74, 6) is 1.55. The Morgan fingerprint density at radius 1 is 0.711 bits per heavy atom. The van der Waals surface area contributed by atoms with E-state index >= 15 is 0 Å². The zero-order valence-electron chi connectivity index (χ0n) is 22.2. The van der Waals surface area contributed by atoms with Crippen molar-refractivity contribution in [2.45, 2.75) is 58.3 Å². The van der Waals surface area contributed by atoms with Gasteiger partial charge in [-0.1, -0.05) is 53.6 Å². The molecule has 193 valence electrons. The molecule has 0 atom stereocenters. The van der Waals surface area contributed by atoms with E-state index in [1.54, 1.807) is 11.1 Å². The summed E-state index contributed by atoms with van der Waals surface area (Å²) in [6.07, 6.45) is 7.28. The Balaban J connectivity index is 0.000000179. The van der Waals surface area contributed by atoms with Crippen LogP contribution in [0.4, 0.5) is 0 Å². The van der Waals surface area contributed by atoms with Crippen LogP contribution in [0.2, 0.25) is 0 Å². The zero-order chi connectivity index (χ0) is 25.4. The Hall–Kier alpha value is -3.13. The molecule has 2 aromatic heterocycles. The van der Waals surface area contributed by atoms with Gasteiger partial charge in [-0.2, -0.15) is 0 Å². The molecule has 3 aliphatic carbocycles. The fourth-order valence-corrected chi connectivity index (χ4v) is 6.06. The van der Waals surface area contributed by atoms with Crippen LogP contribution in [0.15, 0.2) is 79.0 Å². The van der Waals surface area contributed by atoms with Crippen LogP contribution in [0.5, 0.6) is 0 Å². The van der Waals surface area contributed by atoms with Crippen molar-refractivity contribution in [3.05, 3.63) is 119 Å². The maximum atomic E-state index is 4.97. The van der Waals surface area contributed by atoms with Crippen LogP contribution in [-0.2, 0) is 20.1 Å². The van der Waals surface area contributed by atoms with Gasteiger partial charge in [0.2, 0.25) is 0 Å². The molecule has 0 N–H and O–H groups in total. The minimum Gasteiger partial charge on any atom is -0.304 e. The van der Waals surface area contributed by atoms with E-state index in [0.29, 0.717) is 0 Å². The van der Waals surface area contributed by atoms with Crippen LogP contribution in [0.3, 0.4) is 0 Å². The minimum atomic E-state index is 0. The van der Waals surface area contributed by atoms with Crippen molar-refractivity contribution in [3.8, 4) is 22.5 Å². The normalized spacial score (nSPS) is 17.2. The van der Waals surface area contributed by atoms with Crippen molar-refractivity contribution in [1.29, 1.82) is 0 Å². The molecule has 3 heteroatoms. The van der Waals surface area contributed by atoms with Gasteiger partial charge in [-0.15, -0.1) is 70.8 Å². The van der Waals surface area contributed by atoms with Gasteiger partial charge in [0.25, 0.3) is 0 Å². The Morgan fingerprint density at radius 2 is 1.50 bits per heavy atom. The van der Waals surface area contributed by atoms with Crippen molar-refractivity contribution in [2.75, 3.05) is 0 Å². The van der Waals surface area contributed by atoms with Gasteiger partial charge < -0.3 is 4.98 Å². The second kappa shape index (κ2) is 11.3. The number of pyridine rings is 2. The number of hydrogen-bond donors (Lipinski definition) is 0. The molecule has 0 spiro atoms. The molecule has 2 nitrogen and oxygen atoms in total. The van der Waals surface area contributed by atoms with E-state index in [-0.39, 0.29) is 20.1 Å². The van der Waals surface area contributed by atoms with E-state index < -0.39 is 0 Å². The smallest absolute Gasteiger partial charge is 0.0595 e. The van der Waals surface area contributed by atoms with Gasteiger partial charge in [0.05, 0.1) is 5.52 Å². The molecule has 0 aliphatic heterocycles. The van der Waals surface area contributed by atoms with E-state index in [1.807, 2.05) is 36.5 Å². The molecule has 1 fully saturated rings. The molecule has 1 radical (unpaired) electrons. The summed E-state index contributed by atoms with van der Waals surface area (Å²) in [5.41, 5.74) is 12.3. The summed E-state index contributed by atoms with van der Waals surface area (Å²) < 4.78 is 0. The minimum absolute atomic E-state index is 0. The van der Waals surface area contributed by atoms with Crippen molar-refractivity contribution in [3.63, 3.8) is 0 Å². The summed E-state index contributed by atoms with van der Waals surface area (Å²) in [6.45, 7) is 6.36. The molecule has 0 saturated heterocycles. The molecule has 3 aromatic carbocycles. The number of fused-ring (bicyclic) bond motifs is 3. The molecule has 2 heterocycles. The van der Waals surface area contributed by atoms with Crippen LogP contribution in [-0.4, -0.2) is 9.97 Å². The molecular weight excluding hydrogens is 641 g/mol. The first kappa shape index (κ1) is 26.5. The van der Waals surface area contributed by atoms with E-state index in [2.05, 4.69) is 80.4 Å². The van der Waals surface area contributed by atoms with Crippen LogP contribution >= 0.6 is 0 Å². The molecular formula is C35H32IrN2-2. The summed E-state index contributed by atoms with van der Waals surface area (Å²) in [5, 5.41) is 1.23. The van der Waals surface area contributed by atoms with E-state index in [1.165, 1.54) is 53.3 Å². The van der Waals surface area contributed by atoms with Gasteiger partial charge in [0, 0.05) is 26.3 Å². The summed E-state index contributed by atoms with van der Waals surface area (Å²) in [4.78, 5) is 9.28. The second-order valence-electron chi connectivity index (χ2n) is 10.6. The van der Waals surface area contributed by atoms with Crippen LogP contribution in [0.25, 0.3) is 33.4 Å². The first-order valence-corrected chi connectivity index (χ1v) is 13.4. The molecule has 0 unspecified atom stereocenters. The van der Waals surface area contributed by atoms with Gasteiger partial charge >= 0.3 is 0 Å². The van der Waals surface area contributed by atoms with E-state index in [9.17, 15) is 0 Å². The summed E-state index contributed by atoms with van der Waals surface area (Å²) in [6, 6.07) is 32.0. The van der Waals surface area contributed by atoms with Gasteiger partial charge in [-0.25, -0.2) is 0 Å². The third kappa shape index (κ3) is 5.23. The number of hydrogen-bond acceptors (Lipinski definition) is 2. The third-order valence-corrected chi connectivity index (χ3v) is 8.01. The quantitative estimate of drug-likeness (QED) is 0.175. The largest absolute Gasteiger partial charge is 0.304 e. The molecule has 1 saturated carbocycles. The Labute approximate surface area is 239 Å². The number of aryl methyl sites for hydroxylation is 3. The van der Waals surface area contributed by atoms with Crippen molar-refractivity contribution in [2.24, 2.45) is 0 Å². The predicted octanol–water partition coefficient (Wildman–Crippen LogP) is 8.93. The Bertz CT molecular complexity index is 1570. The number of benzene rings is 3. The first-order valence-electron chi connectivity index (χ1n) is 13.4. The van der Waals surface area contributed by atoms with Crippen LogP contribution < -0.4 is 0 Å². The topological polar surface area (TPSA) is 25.8 Å². The first-order chi connectivity index (χ1) is 18.1. The third-order valence-electron chi connectivity index (χ3n) is 8.01. The van der Waals surface area contributed by atoms with Crippen molar-refractivity contribution in [1.82, 2.24) is 9.97 Å². The molecule has 0 amide bonds. The van der Waals surface area contributed by atoms with E-state index in [0.717, 1.165) is 34.3 Å². The average Bonchev–Trinajstić information content (AvgIpc) is 2.94. The summed E-state index contributed by atoms with van der Waals surface area (Å²) >= 11 is 0. The fraction of sp³-hybridized carbons (Fsp3) is 0.257. The maximum Gasteiger partial charge on any atom is 0.0595 e. The van der Waals surface area contributed by atoms with Crippen molar-refractivity contribution >= 4 is 10.9 Å². The average molecular weight is 673 g/mol. The maximum absolute atomic E-state index is 4.97. The van der Waals surface area contributed by atoms with Gasteiger partial charge in [-0.05, 0) is 74.5 Å². The molecule has 3 aliphatic rings. The zero-order valence-corrected chi connectivity index (χ0v) is 24.6. The van der Waals surface area contributed by atoms with Gasteiger partial charge in [-0.3, -0.25) is 4.98 Å². The predicted molar refractivity (Wildman–Crippen MR) is 153 cm³/mol.